The number of aromatic nitrogens is 2. The van der Waals surface area contributed by atoms with Gasteiger partial charge in [-0.25, -0.2) is 14.4 Å². The first-order valence-electron chi connectivity index (χ1n) is 8.35. The van der Waals surface area contributed by atoms with E-state index >= 15 is 0 Å². The monoisotopic (exact) mass is 377 g/mol. The van der Waals surface area contributed by atoms with Gasteiger partial charge >= 0.3 is 0 Å². The van der Waals surface area contributed by atoms with Crippen LogP contribution in [-0.4, -0.2) is 60.5 Å². The van der Waals surface area contributed by atoms with Gasteiger partial charge in [0.1, 0.15) is 18.0 Å². The Morgan fingerprint density at radius 2 is 2.19 bits per heavy atom. The van der Waals surface area contributed by atoms with Crippen LogP contribution in [0.3, 0.4) is 0 Å². The minimum Gasteiger partial charge on any atom is -0.354 e. The summed E-state index contributed by atoms with van der Waals surface area (Å²) in [5, 5.41) is 3.30. The Kier molecular flexibility index (Phi) is 5.68. The van der Waals surface area contributed by atoms with Crippen LogP contribution in [-0.2, 0) is 0 Å². The summed E-state index contributed by atoms with van der Waals surface area (Å²) in [4.78, 5) is 25.0. The van der Waals surface area contributed by atoms with Crippen molar-refractivity contribution in [2.45, 2.75) is 6.04 Å². The fourth-order valence-electron chi connectivity index (χ4n) is 3.26. The van der Waals surface area contributed by atoms with E-state index < -0.39 is 11.7 Å². The van der Waals surface area contributed by atoms with Gasteiger partial charge in [0, 0.05) is 36.8 Å². The van der Waals surface area contributed by atoms with Gasteiger partial charge in [-0.1, -0.05) is 11.6 Å². The summed E-state index contributed by atoms with van der Waals surface area (Å²) in [7, 11) is 3.98. The second kappa shape index (κ2) is 7.97. The molecule has 1 saturated heterocycles. The number of halogens is 2. The van der Waals surface area contributed by atoms with Crippen molar-refractivity contribution in [2.24, 2.45) is 5.92 Å². The number of carbonyl (C=O) groups excluding carboxylic acids is 1. The summed E-state index contributed by atoms with van der Waals surface area (Å²) >= 11 is 5.90. The zero-order valence-electron chi connectivity index (χ0n) is 14.7. The molecule has 1 aliphatic heterocycles. The van der Waals surface area contributed by atoms with Crippen LogP contribution in [0.15, 0.2) is 36.8 Å². The predicted octanol–water partition coefficient (Wildman–Crippen LogP) is 2.07. The maximum Gasteiger partial charge on any atom is 0.254 e. The van der Waals surface area contributed by atoms with Gasteiger partial charge in [0.05, 0.1) is 11.6 Å². The lowest BCUT2D eigenvalue weighted by molar-refractivity contribution is 0.0924. The van der Waals surface area contributed by atoms with E-state index in [1.807, 2.05) is 20.2 Å². The summed E-state index contributed by atoms with van der Waals surface area (Å²) in [5.41, 5.74) is -0.0402. The van der Waals surface area contributed by atoms with Crippen LogP contribution in [0.5, 0.6) is 0 Å². The van der Waals surface area contributed by atoms with E-state index in [0.717, 1.165) is 18.9 Å². The van der Waals surface area contributed by atoms with Crippen molar-refractivity contribution in [3.8, 4) is 0 Å². The topological polar surface area (TPSA) is 61.4 Å². The zero-order chi connectivity index (χ0) is 18.7. The molecule has 0 spiro atoms. The molecule has 6 nitrogen and oxygen atoms in total. The fourth-order valence-corrected chi connectivity index (χ4v) is 3.44. The van der Waals surface area contributed by atoms with Crippen molar-refractivity contribution in [3.05, 3.63) is 53.2 Å². The molecule has 0 unspecified atom stereocenters. The molecule has 1 aromatic heterocycles. The molecule has 0 aliphatic carbocycles. The lowest BCUT2D eigenvalue weighted by Gasteiger charge is -2.22. The first-order chi connectivity index (χ1) is 12.4. The molecule has 3 rings (SSSR count). The van der Waals surface area contributed by atoms with Crippen molar-refractivity contribution in [2.75, 3.05) is 38.6 Å². The normalized spacial score (nSPS) is 19.8. The molecule has 1 N–H and O–H groups in total. The standard InChI is InChI=1S/C18H21ClFN5O/c1-24(2)8-12-9-25(17-5-6-21-11-22-17)10-16(12)23-18(26)14-7-13(19)3-4-15(14)20/h3-7,11-12,16H,8-10H2,1-2H3,(H,23,26)/t12-,16-/m1/s1. The number of hydrogen-bond acceptors (Lipinski definition) is 5. The second-order valence-corrected chi connectivity index (χ2v) is 7.14. The van der Waals surface area contributed by atoms with Gasteiger partial charge in [-0.15, -0.1) is 0 Å². The van der Waals surface area contributed by atoms with Crippen molar-refractivity contribution in [3.63, 3.8) is 0 Å². The number of amides is 1. The van der Waals surface area contributed by atoms with Gasteiger partial charge in [0.15, 0.2) is 0 Å². The summed E-state index contributed by atoms with van der Waals surface area (Å²) < 4.78 is 14.0. The highest BCUT2D eigenvalue weighted by molar-refractivity contribution is 6.31. The number of anilines is 1. The average Bonchev–Trinajstić information content (AvgIpc) is 2.99. The molecule has 0 bridgehead atoms. The molecular weight excluding hydrogens is 357 g/mol. The van der Waals surface area contributed by atoms with E-state index in [2.05, 4.69) is 25.1 Å². The lowest BCUT2D eigenvalue weighted by Crippen LogP contribution is -2.43. The van der Waals surface area contributed by atoms with Crippen LogP contribution in [0.4, 0.5) is 10.2 Å². The van der Waals surface area contributed by atoms with Crippen molar-refractivity contribution >= 4 is 23.3 Å². The molecule has 0 saturated carbocycles. The summed E-state index contributed by atoms with van der Waals surface area (Å²) in [5.74, 6) is -0.0365. The van der Waals surface area contributed by atoms with E-state index in [1.165, 1.54) is 24.5 Å². The molecule has 2 atom stereocenters. The number of nitrogens with one attached hydrogen (secondary N) is 1. The van der Waals surface area contributed by atoms with Crippen LogP contribution in [0.1, 0.15) is 10.4 Å². The summed E-state index contributed by atoms with van der Waals surface area (Å²) in [6, 6.07) is 5.70. The number of hydrogen-bond donors (Lipinski definition) is 1. The van der Waals surface area contributed by atoms with E-state index in [1.54, 1.807) is 6.20 Å². The number of benzene rings is 1. The van der Waals surface area contributed by atoms with Gasteiger partial charge < -0.3 is 15.1 Å². The number of carbonyl (C=O) groups is 1. The van der Waals surface area contributed by atoms with E-state index in [0.29, 0.717) is 11.6 Å². The molecular formula is C18H21ClFN5O. The van der Waals surface area contributed by atoms with Crippen LogP contribution in [0.25, 0.3) is 0 Å². The fraction of sp³-hybridized carbons (Fsp3) is 0.389. The zero-order valence-corrected chi connectivity index (χ0v) is 15.4. The maximum absolute atomic E-state index is 14.0. The van der Waals surface area contributed by atoms with Crippen LogP contribution >= 0.6 is 11.6 Å². The second-order valence-electron chi connectivity index (χ2n) is 6.70. The quantitative estimate of drug-likeness (QED) is 0.864. The van der Waals surface area contributed by atoms with Crippen molar-refractivity contribution in [1.29, 1.82) is 0 Å². The van der Waals surface area contributed by atoms with Crippen LogP contribution in [0.2, 0.25) is 5.02 Å². The van der Waals surface area contributed by atoms with Gasteiger partial charge in [0.25, 0.3) is 5.91 Å². The minimum absolute atomic E-state index is 0.0402. The molecule has 2 heterocycles. The Hall–Kier alpha value is -2.25. The highest BCUT2D eigenvalue weighted by Gasteiger charge is 2.35. The Labute approximate surface area is 157 Å². The average molecular weight is 378 g/mol. The Balaban J connectivity index is 1.77. The highest BCUT2D eigenvalue weighted by atomic mass is 35.5. The van der Waals surface area contributed by atoms with Crippen molar-refractivity contribution < 1.29 is 9.18 Å². The van der Waals surface area contributed by atoms with Crippen molar-refractivity contribution in [1.82, 2.24) is 20.2 Å². The first-order valence-corrected chi connectivity index (χ1v) is 8.73. The molecule has 1 fully saturated rings. The van der Waals surface area contributed by atoms with Gasteiger partial charge in [0.2, 0.25) is 0 Å². The summed E-state index contributed by atoms with van der Waals surface area (Å²) in [6.45, 7) is 2.15. The number of rotatable bonds is 5. The van der Waals surface area contributed by atoms with Crippen LogP contribution in [0, 0.1) is 11.7 Å². The number of nitrogens with zero attached hydrogens (tertiary/aromatic N) is 4. The largest absolute Gasteiger partial charge is 0.354 e. The van der Waals surface area contributed by atoms with Crippen LogP contribution < -0.4 is 10.2 Å². The summed E-state index contributed by atoms with van der Waals surface area (Å²) in [6.07, 6.45) is 3.19. The smallest absolute Gasteiger partial charge is 0.254 e. The Bertz CT molecular complexity index is 773. The molecule has 1 aromatic carbocycles. The van der Waals surface area contributed by atoms with E-state index in [4.69, 9.17) is 11.6 Å². The minimum atomic E-state index is -0.582. The third-order valence-corrected chi connectivity index (χ3v) is 4.66. The molecule has 138 valence electrons. The van der Waals surface area contributed by atoms with Gasteiger partial charge in [-0.05, 0) is 38.4 Å². The molecule has 8 heteroatoms. The third kappa shape index (κ3) is 4.28. The third-order valence-electron chi connectivity index (χ3n) is 4.42. The van der Waals surface area contributed by atoms with Gasteiger partial charge in [-0.2, -0.15) is 0 Å². The SMILES string of the molecule is CN(C)C[C@@H]1CN(c2ccncn2)C[C@H]1NC(=O)c1cc(Cl)ccc1F. The molecule has 26 heavy (non-hydrogen) atoms. The Morgan fingerprint density at radius 3 is 2.88 bits per heavy atom. The molecule has 2 aromatic rings. The first kappa shape index (κ1) is 18.5. The maximum atomic E-state index is 14.0. The Morgan fingerprint density at radius 1 is 1.38 bits per heavy atom. The van der Waals surface area contributed by atoms with E-state index in [-0.39, 0.29) is 17.5 Å². The van der Waals surface area contributed by atoms with E-state index in [9.17, 15) is 9.18 Å². The molecule has 1 aliphatic rings. The predicted molar refractivity (Wildman–Crippen MR) is 99.0 cm³/mol. The molecule has 1 amide bonds. The highest BCUT2D eigenvalue weighted by Crippen LogP contribution is 2.23. The van der Waals surface area contributed by atoms with Gasteiger partial charge in [-0.3, -0.25) is 4.79 Å². The lowest BCUT2D eigenvalue weighted by atomic mass is 10.0. The molecule has 0 radical (unpaired) electrons.